The third-order valence-corrected chi connectivity index (χ3v) is 6.91. The highest BCUT2D eigenvalue weighted by molar-refractivity contribution is 6.51. The molecule has 5 rings (SSSR count). The van der Waals surface area contributed by atoms with Gasteiger partial charge in [-0.15, -0.1) is 0 Å². The molecule has 0 radical (unpaired) electrons. The minimum Gasteiger partial charge on any atom is -0.508 e. The molecule has 3 aromatic rings. The molecular weight excluding hydrogens is 472 g/mol. The molecule has 2 aliphatic heterocycles. The van der Waals surface area contributed by atoms with Crippen LogP contribution in [0.15, 0.2) is 72.3 Å². The van der Waals surface area contributed by atoms with Crippen molar-refractivity contribution in [2.75, 3.05) is 37.1 Å². The predicted octanol–water partition coefficient (Wildman–Crippen LogP) is 4.64. The standard InChI is InChI=1S/C29H28N2O6/c1-36-22-13-14-24(37-2)23(17-22)27(33)25-26(18-5-11-21(32)12-6-18)31(29(35)28(25)34)20-9-7-19(8-10-20)30-15-3-4-16-30/h5-14,17,26,32-33H,3-4,15-16H2,1-2H3/b27-25+. The first-order valence-electron chi connectivity index (χ1n) is 12.1. The molecule has 8 heteroatoms. The van der Waals surface area contributed by atoms with E-state index in [0.29, 0.717) is 22.7 Å². The Morgan fingerprint density at radius 1 is 0.865 bits per heavy atom. The second-order valence-corrected chi connectivity index (χ2v) is 9.04. The monoisotopic (exact) mass is 500 g/mol. The van der Waals surface area contributed by atoms with E-state index in [0.717, 1.165) is 31.6 Å². The van der Waals surface area contributed by atoms with Crippen LogP contribution >= 0.6 is 0 Å². The maximum absolute atomic E-state index is 13.4. The van der Waals surface area contributed by atoms with Crippen LogP contribution in [-0.2, 0) is 9.59 Å². The molecule has 8 nitrogen and oxygen atoms in total. The van der Waals surface area contributed by atoms with Gasteiger partial charge in [-0.3, -0.25) is 14.5 Å². The summed E-state index contributed by atoms with van der Waals surface area (Å²) in [4.78, 5) is 30.6. The second kappa shape index (κ2) is 9.89. The van der Waals surface area contributed by atoms with Gasteiger partial charge in [-0.05, 0) is 73.0 Å². The average molecular weight is 501 g/mol. The summed E-state index contributed by atoms with van der Waals surface area (Å²) in [6.45, 7) is 1.97. The number of hydrogen-bond donors (Lipinski definition) is 2. The highest BCUT2D eigenvalue weighted by atomic mass is 16.5. The Labute approximate surface area is 215 Å². The largest absolute Gasteiger partial charge is 0.508 e. The van der Waals surface area contributed by atoms with E-state index in [9.17, 15) is 19.8 Å². The third kappa shape index (κ3) is 4.35. The molecule has 0 saturated carbocycles. The number of nitrogens with zero attached hydrogens (tertiary/aromatic N) is 2. The fourth-order valence-corrected chi connectivity index (χ4v) is 5.01. The predicted molar refractivity (Wildman–Crippen MR) is 140 cm³/mol. The number of anilines is 2. The first-order chi connectivity index (χ1) is 17.9. The first kappa shape index (κ1) is 24.2. The van der Waals surface area contributed by atoms with Crippen molar-refractivity contribution in [3.8, 4) is 17.2 Å². The first-order valence-corrected chi connectivity index (χ1v) is 12.1. The summed E-state index contributed by atoms with van der Waals surface area (Å²) < 4.78 is 10.7. The van der Waals surface area contributed by atoms with E-state index in [1.807, 2.05) is 24.3 Å². The lowest BCUT2D eigenvalue weighted by atomic mass is 9.94. The van der Waals surface area contributed by atoms with Gasteiger partial charge in [0.25, 0.3) is 11.7 Å². The van der Waals surface area contributed by atoms with Crippen LogP contribution in [0.2, 0.25) is 0 Å². The zero-order chi connectivity index (χ0) is 26.1. The number of phenols is 1. The number of aliphatic hydroxyl groups is 1. The summed E-state index contributed by atoms with van der Waals surface area (Å²) in [6, 6.07) is 17.7. The van der Waals surface area contributed by atoms with Crippen molar-refractivity contribution in [3.63, 3.8) is 0 Å². The highest BCUT2D eigenvalue weighted by Crippen LogP contribution is 2.44. The molecule has 1 amide bonds. The van der Waals surface area contributed by atoms with Crippen molar-refractivity contribution in [3.05, 3.63) is 83.4 Å². The molecule has 1 atom stereocenters. The molecule has 2 saturated heterocycles. The van der Waals surface area contributed by atoms with Crippen molar-refractivity contribution in [1.82, 2.24) is 0 Å². The lowest BCUT2D eigenvalue weighted by Gasteiger charge is -2.26. The van der Waals surface area contributed by atoms with Gasteiger partial charge in [-0.2, -0.15) is 0 Å². The van der Waals surface area contributed by atoms with Crippen molar-refractivity contribution in [1.29, 1.82) is 0 Å². The Balaban J connectivity index is 1.66. The van der Waals surface area contributed by atoms with Gasteiger partial charge in [-0.1, -0.05) is 12.1 Å². The summed E-state index contributed by atoms with van der Waals surface area (Å²) in [5.41, 5.74) is 2.29. The number of hydrogen-bond acceptors (Lipinski definition) is 7. The fraction of sp³-hybridized carbons (Fsp3) is 0.241. The number of rotatable bonds is 6. The summed E-state index contributed by atoms with van der Waals surface area (Å²) in [5, 5.41) is 21.3. The van der Waals surface area contributed by atoms with Crippen molar-refractivity contribution < 1.29 is 29.3 Å². The number of carbonyl (C=O) groups excluding carboxylic acids is 2. The summed E-state index contributed by atoms with van der Waals surface area (Å²) >= 11 is 0. The Bertz CT molecular complexity index is 1360. The minimum absolute atomic E-state index is 0.0464. The van der Waals surface area contributed by atoms with Crippen LogP contribution in [0, 0.1) is 0 Å². The van der Waals surface area contributed by atoms with Crippen LogP contribution in [0.25, 0.3) is 5.76 Å². The number of ether oxygens (including phenoxy) is 2. The molecule has 2 heterocycles. The van der Waals surface area contributed by atoms with E-state index in [4.69, 9.17) is 9.47 Å². The lowest BCUT2D eigenvalue weighted by Crippen LogP contribution is -2.29. The number of aliphatic hydroxyl groups excluding tert-OH is 1. The third-order valence-electron chi connectivity index (χ3n) is 6.91. The molecule has 3 aromatic carbocycles. The van der Waals surface area contributed by atoms with Crippen molar-refractivity contribution in [2.24, 2.45) is 0 Å². The number of Topliss-reactive ketones (excluding diaryl/α,β-unsaturated/α-hetero) is 1. The molecule has 0 spiro atoms. The fourth-order valence-electron chi connectivity index (χ4n) is 5.01. The Hall–Kier alpha value is -4.46. The smallest absolute Gasteiger partial charge is 0.300 e. The van der Waals surface area contributed by atoms with Crippen LogP contribution in [0.5, 0.6) is 17.2 Å². The van der Waals surface area contributed by atoms with Gasteiger partial charge in [0.05, 0.1) is 31.4 Å². The molecule has 2 fully saturated rings. The van der Waals surface area contributed by atoms with E-state index in [2.05, 4.69) is 4.90 Å². The Kier molecular flexibility index (Phi) is 6.48. The van der Waals surface area contributed by atoms with Gasteiger partial charge in [0.15, 0.2) is 0 Å². The number of ketones is 1. The summed E-state index contributed by atoms with van der Waals surface area (Å²) in [7, 11) is 2.95. The second-order valence-electron chi connectivity index (χ2n) is 9.04. The topological polar surface area (TPSA) is 99.5 Å². The van der Waals surface area contributed by atoms with Crippen LogP contribution in [0.3, 0.4) is 0 Å². The van der Waals surface area contributed by atoms with E-state index >= 15 is 0 Å². The summed E-state index contributed by atoms with van der Waals surface area (Å²) in [5.74, 6) is -1.12. The van der Waals surface area contributed by atoms with Crippen LogP contribution in [-0.4, -0.2) is 49.2 Å². The van der Waals surface area contributed by atoms with Crippen molar-refractivity contribution >= 4 is 28.8 Å². The molecule has 37 heavy (non-hydrogen) atoms. The Morgan fingerprint density at radius 3 is 2.14 bits per heavy atom. The van der Waals surface area contributed by atoms with E-state index in [-0.39, 0.29) is 22.6 Å². The van der Waals surface area contributed by atoms with Crippen LogP contribution in [0.4, 0.5) is 11.4 Å². The minimum atomic E-state index is -0.922. The zero-order valence-corrected chi connectivity index (χ0v) is 20.7. The molecule has 190 valence electrons. The van der Waals surface area contributed by atoms with E-state index in [1.54, 1.807) is 30.3 Å². The van der Waals surface area contributed by atoms with Crippen molar-refractivity contribution in [2.45, 2.75) is 18.9 Å². The molecule has 2 N–H and O–H groups in total. The normalized spacial score (nSPS) is 18.9. The van der Waals surface area contributed by atoms with Gasteiger partial charge in [0.2, 0.25) is 0 Å². The maximum atomic E-state index is 13.4. The number of carbonyl (C=O) groups is 2. The molecule has 0 aliphatic carbocycles. The average Bonchev–Trinajstić information content (AvgIpc) is 3.56. The van der Waals surface area contributed by atoms with Gasteiger partial charge in [0, 0.05) is 24.5 Å². The number of benzene rings is 3. The lowest BCUT2D eigenvalue weighted by molar-refractivity contribution is -0.132. The highest BCUT2D eigenvalue weighted by Gasteiger charge is 2.47. The zero-order valence-electron chi connectivity index (χ0n) is 20.7. The van der Waals surface area contributed by atoms with E-state index < -0.39 is 17.7 Å². The van der Waals surface area contributed by atoms with Gasteiger partial charge >= 0.3 is 0 Å². The number of phenolic OH excluding ortho intramolecular Hbond substituents is 1. The molecule has 0 aromatic heterocycles. The number of aromatic hydroxyl groups is 1. The number of amides is 1. The molecule has 1 unspecified atom stereocenters. The van der Waals surface area contributed by atoms with Crippen LogP contribution < -0.4 is 19.3 Å². The van der Waals surface area contributed by atoms with Gasteiger partial charge < -0.3 is 24.6 Å². The van der Waals surface area contributed by atoms with Gasteiger partial charge in [0.1, 0.15) is 23.0 Å². The maximum Gasteiger partial charge on any atom is 0.300 e. The van der Waals surface area contributed by atoms with Crippen LogP contribution in [0.1, 0.15) is 30.0 Å². The Morgan fingerprint density at radius 2 is 1.51 bits per heavy atom. The number of methoxy groups -OCH3 is 2. The molecule has 2 aliphatic rings. The molecular formula is C29H28N2O6. The van der Waals surface area contributed by atoms with Gasteiger partial charge in [-0.25, -0.2) is 0 Å². The SMILES string of the molecule is COc1ccc(OC)c(/C(O)=C2\C(=O)C(=O)N(c3ccc(N4CCCC4)cc3)C2c2ccc(O)cc2)c1. The molecule has 0 bridgehead atoms. The summed E-state index contributed by atoms with van der Waals surface area (Å²) in [6.07, 6.45) is 2.29. The van der Waals surface area contributed by atoms with E-state index in [1.165, 1.54) is 31.3 Å². The quantitative estimate of drug-likeness (QED) is 0.289.